The van der Waals surface area contributed by atoms with Crippen molar-refractivity contribution in [3.63, 3.8) is 0 Å². The number of halogens is 1. The van der Waals surface area contributed by atoms with Gasteiger partial charge in [0, 0.05) is 0 Å². The summed E-state index contributed by atoms with van der Waals surface area (Å²) in [6.07, 6.45) is 22.8. The first-order chi connectivity index (χ1) is 16.3. The topological polar surface area (TPSA) is 26.3 Å². The number of benzene rings is 2. The van der Waals surface area contributed by atoms with Crippen LogP contribution in [-0.2, 0) is 7.86 Å². The normalized spacial score (nSPS) is 11.6. The van der Waals surface area contributed by atoms with Crippen molar-refractivity contribution in [1.29, 1.82) is 0 Å². The molecule has 2 rings (SSSR count). The third kappa shape index (κ3) is 12.8. The van der Waals surface area contributed by atoms with Crippen LogP contribution in [0.4, 0.5) is 0 Å². The zero-order valence-corrected chi connectivity index (χ0v) is 22.4. The lowest BCUT2D eigenvalue weighted by Gasteiger charge is -2.05. The molecule has 0 N–H and O–H groups in total. The van der Waals surface area contributed by atoms with Gasteiger partial charge in [0.05, 0.1) is 6.42 Å². The van der Waals surface area contributed by atoms with E-state index >= 15 is 0 Å². The van der Waals surface area contributed by atoms with Gasteiger partial charge in [-0.3, -0.25) is 0 Å². The highest BCUT2D eigenvalue weighted by Crippen LogP contribution is 2.08. The van der Waals surface area contributed by atoms with Gasteiger partial charge in [0.1, 0.15) is 0 Å². The standard InChI is InChI=1S/C30H41IO2/c1-2-3-4-5-6-7-8-9-10-11-12-13-14-15-22-27-30(32)33-31(28-23-18-16-19-24-28)29-25-20-17-21-26-29/h6-7,9-10,16-21,23-26H,2-5,8,11-15,22,27H2,1H3/q+1/b7-6-,10-9-. The van der Waals surface area contributed by atoms with Gasteiger partial charge in [-0.2, -0.15) is 0 Å². The Bertz CT molecular complexity index is 759. The number of carbonyl (C=O) groups is 1. The van der Waals surface area contributed by atoms with Crippen molar-refractivity contribution in [2.75, 3.05) is 0 Å². The highest BCUT2D eigenvalue weighted by Gasteiger charge is 2.33. The molecule has 0 aromatic heterocycles. The maximum absolute atomic E-state index is 12.5. The molecule has 33 heavy (non-hydrogen) atoms. The average Bonchev–Trinajstić information content (AvgIpc) is 2.86. The lowest BCUT2D eigenvalue weighted by Crippen LogP contribution is -3.85. The zero-order valence-electron chi connectivity index (χ0n) is 20.3. The third-order valence-corrected chi connectivity index (χ3v) is 9.99. The van der Waals surface area contributed by atoms with E-state index in [1.807, 2.05) is 36.4 Å². The highest BCUT2D eigenvalue weighted by molar-refractivity contribution is 5.68. The molecule has 0 aliphatic rings. The third-order valence-electron chi connectivity index (χ3n) is 5.36. The van der Waals surface area contributed by atoms with Crippen LogP contribution in [0, 0.1) is 7.14 Å². The van der Waals surface area contributed by atoms with Gasteiger partial charge >= 0.3 is 26.2 Å². The molecule has 2 aromatic carbocycles. The Morgan fingerprint density at radius 3 is 1.79 bits per heavy atom. The molecule has 0 atom stereocenters. The van der Waals surface area contributed by atoms with Crippen LogP contribution in [0.5, 0.6) is 0 Å². The molecule has 0 spiro atoms. The summed E-state index contributed by atoms with van der Waals surface area (Å²) in [7, 11) is 0. The van der Waals surface area contributed by atoms with Gasteiger partial charge in [-0.05, 0) is 62.8 Å². The Labute approximate surface area is 209 Å². The number of unbranched alkanes of at least 4 members (excludes halogenated alkanes) is 8. The van der Waals surface area contributed by atoms with Gasteiger partial charge in [-0.25, -0.2) is 7.86 Å². The lowest BCUT2D eigenvalue weighted by molar-refractivity contribution is -1.04. The second-order valence-electron chi connectivity index (χ2n) is 8.27. The Balaban J connectivity index is 1.56. The van der Waals surface area contributed by atoms with Crippen LogP contribution in [0.15, 0.2) is 85.0 Å². The molecule has 0 bridgehead atoms. The number of hydrogen-bond donors (Lipinski definition) is 0. The lowest BCUT2D eigenvalue weighted by atomic mass is 10.1. The largest absolute Gasteiger partial charge is 0.360 e. The Morgan fingerprint density at radius 1 is 0.697 bits per heavy atom. The fourth-order valence-electron chi connectivity index (χ4n) is 3.48. The summed E-state index contributed by atoms with van der Waals surface area (Å²) in [6, 6.07) is 20.5. The molecule has 0 aliphatic heterocycles. The summed E-state index contributed by atoms with van der Waals surface area (Å²) in [4.78, 5) is 12.5. The van der Waals surface area contributed by atoms with Gasteiger partial charge in [-0.15, -0.1) is 0 Å². The number of rotatable bonds is 17. The number of carbonyl (C=O) groups excluding carboxylic acids is 1. The van der Waals surface area contributed by atoms with Crippen molar-refractivity contribution >= 4 is 5.97 Å². The molecule has 1 radical (unpaired) electrons. The van der Waals surface area contributed by atoms with E-state index in [0.717, 1.165) is 25.7 Å². The molecule has 0 unspecified atom stereocenters. The van der Waals surface area contributed by atoms with Gasteiger partial charge in [0.15, 0.2) is 7.14 Å². The zero-order chi connectivity index (χ0) is 23.4. The van der Waals surface area contributed by atoms with E-state index in [4.69, 9.17) is 3.07 Å². The van der Waals surface area contributed by atoms with Crippen LogP contribution in [0.2, 0.25) is 0 Å². The number of allylic oxidation sites excluding steroid dienone is 4. The monoisotopic (exact) mass is 560 g/mol. The van der Waals surface area contributed by atoms with Crippen LogP contribution in [-0.4, -0.2) is 5.97 Å². The summed E-state index contributed by atoms with van der Waals surface area (Å²) in [5.41, 5.74) is 0. The minimum absolute atomic E-state index is 0.0430. The van der Waals surface area contributed by atoms with Crippen LogP contribution >= 0.6 is 0 Å². The van der Waals surface area contributed by atoms with Crippen LogP contribution in [0.25, 0.3) is 0 Å². The van der Waals surface area contributed by atoms with E-state index in [1.54, 1.807) is 0 Å². The van der Waals surface area contributed by atoms with E-state index in [2.05, 4.69) is 55.5 Å². The molecule has 0 amide bonds. The van der Waals surface area contributed by atoms with Crippen LogP contribution in [0.1, 0.15) is 84.0 Å². The quantitative estimate of drug-likeness (QED) is 0.143. The van der Waals surface area contributed by atoms with E-state index in [0.29, 0.717) is 6.42 Å². The Morgan fingerprint density at radius 2 is 1.21 bits per heavy atom. The molecule has 0 saturated carbocycles. The second-order valence-corrected chi connectivity index (χ2v) is 12.6. The second kappa shape index (κ2) is 18.5. The van der Waals surface area contributed by atoms with Crippen LogP contribution < -0.4 is 20.2 Å². The van der Waals surface area contributed by atoms with Crippen molar-refractivity contribution < 1.29 is 28.1 Å². The van der Waals surface area contributed by atoms with Crippen molar-refractivity contribution in [3.8, 4) is 0 Å². The first-order valence-electron chi connectivity index (χ1n) is 12.6. The molecule has 0 fully saturated rings. The highest BCUT2D eigenvalue weighted by atomic mass is 127. The first-order valence-corrected chi connectivity index (χ1v) is 15.7. The minimum Gasteiger partial charge on any atom is -0.247 e. The van der Waals surface area contributed by atoms with Gasteiger partial charge in [0.25, 0.3) is 0 Å². The maximum Gasteiger partial charge on any atom is 0.360 e. The van der Waals surface area contributed by atoms with E-state index < -0.39 is 20.2 Å². The van der Waals surface area contributed by atoms with Crippen molar-refractivity contribution in [2.24, 2.45) is 0 Å². The summed E-state index contributed by atoms with van der Waals surface area (Å²) < 4.78 is 8.38. The average molecular weight is 561 g/mol. The molecular formula is C30H41IO2+. The van der Waals surface area contributed by atoms with E-state index in [9.17, 15) is 4.79 Å². The number of hydrogen-bond acceptors (Lipinski definition) is 2. The molecule has 2 aromatic rings. The van der Waals surface area contributed by atoms with Crippen LogP contribution in [0.3, 0.4) is 0 Å². The van der Waals surface area contributed by atoms with Gasteiger partial charge in [0.2, 0.25) is 0 Å². The van der Waals surface area contributed by atoms with Gasteiger partial charge in [-0.1, -0.05) is 99.7 Å². The minimum atomic E-state index is -2.17. The van der Waals surface area contributed by atoms with E-state index in [-0.39, 0.29) is 5.97 Å². The molecule has 179 valence electrons. The van der Waals surface area contributed by atoms with Crippen molar-refractivity contribution in [2.45, 2.75) is 84.0 Å². The summed E-state index contributed by atoms with van der Waals surface area (Å²) in [5, 5.41) is 0. The summed E-state index contributed by atoms with van der Waals surface area (Å²) >= 11 is -2.17. The fourth-order valence-corrected chi connectivity index (χ4v) is 7.55. The molecule has 0 saturated heterocycles. The molecule has 0 aliphatic carbocycles. The predicted molar refractivity (Wildman–Crippen MR) is 136 cm³/mol. The summed E-state index contributed by atoms with van der Waals surface area (Å²) in [5.74, 6) is -0.0430. The molecule has 0 heterocycles. The predicted octanol–water partition coefficient (Wildman–Crippen LogP) is 5.62. The Hall–Kier alpha value is -1.88. The SMILES string of the molecule is CCCCC/C=C\C/C=C\CCCCCCCC(=O)O[I+](c1ccccc1)c1ccccc1. The van der Waals surface area contributed by atoms with Crippen molar-refractivity contribution in [1.82, 2.24) is 0 Å². The summed E-state index contributed by atoms with van der Waals surface area (Å²) in [6.45, 7) is 2.25. The van der Waals surface area contributed by atoms with Gasteiger partial charge < -0.3 is 0 Å². The molecular weight excluding hydrogens is 519 g/mol. The molecule has 3 heteroatoms. The Kier molecular flexibility index (Phi) is 15.4. The first kappa shape index (κ1) is 27.4. The maximum atomic E-state index is 12.5. The van der Waals surface area contributed by atoms with E-state index in [1.165, 1.54) is 52.1 Å². The molecule has 2 nitrogen and oxygen atoms in total. The fraction of sp³-hybridized carbons (Fsp3) is 0.433. The van der Waals surface area contributed by atoms with Crippen molar-refractivity contribution in [3.05, 3.63) is 92.1 Å². The smallest absolute Gasteiger partial charge is 0.247 e.